The molecule has 0 aliphatic carbocycles. The molecule has 1 aromatic heterocycles. The van der Waals surface area contributed by atoms with Crippen LogP contribution in [-0.4, -0.2) is 29.0 Å². The molecule has 5 heteroatoms. The number of carbonyl (C=O) groups is 1. The van der Waals surface area contributed by atoms with Crippen LogP contribution in [0.5, 0.6) is 0 Å². The van der Waals surface area contributed by atoms with Crippen LogP contribution in [0.25, 0.3) is 0 Å². The third kappa shape index (κ3) is 3.69. The van der Waals surface area contributed by atoms with E-state index < -0.39 is 0 Å². The number of aromatic nitrogens is 2. The van der Waals surface area contributed by atoms with E-state index in [1.807, 2.05) is 0 Å². The number of nitrogens with zero attached hydrogens (tertiary/aromatic N) is 2. The Kier molecular flexibility index (Phi) is 4.87. The zero-order valence-electron chi connectivity index (χ0n) is 10.8. The molecule has 0 aliphatic rings. The molecular formula is C12H20N4O. The van der Waals surface area contributed by atoms with E-state index in [-0.39, 0.29) is 11.9 Å². The molecule has 94 valence electrons. The zero-order valence-corrected chi connectivity index (χ0v) is 10.8. The Morgan fingerprint density at radius 2 is 2.06 bits per heavy atom. The SMILES string of the molecule is CCC(NC(=O)c1cnc(NC)cn1)C(C)C. The number of rotatable bonds is 5. The van der Waals surface area contributed by atoms with Gasteiger partial charge in [-0.25, -0.2) is 9.97 Å². The second-order valence-electron chi connectivity index (χ2n) is 4.27. The van der Waals surface area contributed by atoms with Gasteiger partial charge in [0.15, 0.2) is 0 Å². The Bertz CT molecular complexity index is 361. The molecule has 0 fully saturated rings. The molecule has 0 saturated carbocycles. The minimum absolute atomic E-state index is 0.166. The van der Waals surface area contributed by atoms with Gasteiger partial charge >= 0.3 is 0 Å². The highest BCUT2D eigenvalue weighted by molar-refractivity contribution is 5.92. The topological polar surface area (TPSA) is 66.9 Å². The van der Waals surface area contributed by atoms with Gasteiger partial charge in [0.05, 0.1) is 12.4 Å². The van der Waals surface area contributed by atoms with Gasteiger partial charge in [0.25, 0.3) is 5.91 Å². The van der Waals surface area contributed by atoms with Gasteiger partial charge in [-0.1, -0.05) is 20.8 Å². The molecule has 1 unspecified atom stereocenters. The third-order valence-electron chi connectivity index (χ3n) is 2.70. The smallest absolute Gasteiger partial charge is 0.271 e. The molecule has 2 N–H and O–H groups in total. The number of carbonyl (C=O) groups excluding carboxylic acids is 1. The molecule has 0 spiro atoms. The van der Waals surface area contributed by atoms with Crippen LogP contribution < -0.4 is 10.6 Å². The quantitative estimate of drug-likeness (QED) is 0.816. The summed E-state index contributed by atoms with van der Waals surface area (Å²) in [5.74, 6) is 0.895. The Morgan fingerprint density at radius 1 is 1.35 bits per heavy atom. The normalized spacial score (nSPS) is 12.3. The number of hydrogen-bond acceptors (Lipinski definition) is 4. The van der Waals surface area contributed by atoms with Crippen LogP contribution in [0.15, 0.2) is 12.4 Å². The maximum Gasteiger partial charge on any atom is 0.271 e. The fourth-order valence-electron chi connectivity index (χ4n) is 1.56. The lowest BCUT2D eigenvalue weighted by atomic mass is 10.0. The van der Waals surface area contributed by atoms with E-state index in [1.54, 1.807) is 13.2 Å². The van der Waals surface area contributed by atoms with E-state index in [0.29, 0.717) is 17.4 Å². The first kappa shape index (κ1) is 13.4. The molecule has 1 rings (SSSR count). The third-order valence-corrected chi connectivity index (χ3v) is 2.70. The van der Waals surface area contributed by atoms with Crippen molar-refractivity contribution in [2.75, 3.05) is 12.4 Å². The first-order valence-corrected chi connectivity index (χ1v) is 5.89. The molecule has 5 nitrogen and oxygen atoms in total. The summed E-state index contributed by atoms with van der Waals surface area (Å²) < 4.78 is 0. The maximum absolute atomic E-state index is 11.9. The molecule has 1 heterocycles. The van der Waals surface area contributed by atoms with Crippen molar-refractivity contribution < 1.29 is 4.79 Å². The predicted molar refractivity (Wildman–Crippen MR) is 68.0 cm³/mol. The van der Waals surface area contributed by atoms with Crippen LogP contribution in [0.1, 0.15) is 37.7 Å². The summed E-state index contributed by atoms with van der Waals surface area (Å²) in [4.78, 5) is 20.0. The lowest BCUT2D eigenvalue weighted by molar-refractivity contribution is 0.0919. The maximum atomic E-state index is 11.9. The Morgan fingerprint density at radius 3 is 2.47 bits per heavy atom. The summed E-state index contributed by atoms with van der Waals surface area (Å²) in [5, 5.41) is 5.82. The van der Waals surface area contributed by atoms with Crippen molar-refractivity contribution in [1.29, 1.82) is 0 Å². The second-order valence-corrected chi connectivity index (χ2v) is 4.27. The van der Waals surface area contributed by atoms with E-state index in [1.165, 1.54) is 6.20 Å². The minimum atomic E-state index is -0.166. The van der Waals surface area contributed by atoms with E-state index >= 15 is 0 Å². The van der Waals surface area contributed by atoms with E-state index in [9.17, 15) is 4.79 Å². The highest BCUT2D eigenvalue weighted by Gasteiger charge is 2.16. The van der Waals surface area contributed by atoms with Crippen molar-refractivity contribution in [2.45, 2.75) is 33.2 Å². The summed E-state index contributed by atoms with van der Waals surface area (Å²) in [6, 6.07) is 0.174. The monoisotopic (exact) mass is 236 g/mol. The molecule has 0 radical (unpaired) electrons. The largest absolute Gasteiger partial charge is 0.372 e. The van der Waals surface area contributed by atoms with Gasteiger partial charge < -0.3 is 10.6 Å². The zero-order chi connectivity index (χ0) is 12.8. The van der Waals surface area contributed by atoms with Crippen molar-refractivity contribution in [2.24, 2.45) is 5.92 Å². The molecule has 0 aromatic carbocycles. The summed E-state index contributed by atoms with van der Waals surface area (Å²) in [6.07, 6.45) is 3.94. The van der Waals surface area contributed by atoms with Crippen LogP contribution in [0.4, 0.5) is 5.82 Å². The van der Waals surface area contributed by atoms with Gasteiger partial charge in [0.1, 0.15) is 11.5 Å². The van der Waals surface area contributed by atoms with Crippen LogP contribution in [0.3, 0.4) is 0 Å². The van der Waals surface area contributed by atoms with Crippen LogP contribution in [-0.2, 0) is 0 Å². The number of hydrogen-bond donors (Lipinski definition) is 2. The second kappa shape index (κ2) is 6.18. The molecule has 0 saturated heterocycles. The molecule has 1 aromatic rings. The highest BCUT2D eigenvalue weighted by Crippen LogP contribution is 2.07. The van der Waals surface area contributed by atoms with Crippen LogP contribution in [0.2, 0.25) is 0 Å². The molecule has 1 atom stereocenters. The number of anilines is 1. The average Bonchev–Trinajstić information content (AvgIpc) is 2.35. The Balaban J connectivity index is 2.68. The first-order valence-electron chi connectivity index (χ1n) is 5.89. The van der Waals surface area contributed by atoms with Crippen LogP contribution >= 0.6 is 0 Å². The molecule has 1 amide bonds. The predicted octanol–water partition coefficient (Wildman–Crippen LogP) is 1.68. The molecule has 0 bridgehead atoms. The van der Waals surface area contributed by atoms with Crippen molar-refractivity contribution in [3.63, 3.8) is 0 Å². The summed E-state index contributed by atoms with van der Waals surface area (Å²) >= 11 is 0. The first-order chi connectivity index (χ1) is 8.08. The standard InChI is InChI=1S/C12H20N4O/c1-5-9(8(2)3)16-12(17)10-6-15-11(13-4)7-14-10/h6-9H,5H2,1-4H3,(H,13,15)(H,16,17). The summed E-state index contributed by atoms with van der Waals surface area (Å²) in [7, 11) is 1.76. The van der Waals surface area contributed by atoms with Crippen molar-refractivity contribution >= 4 is 11.7 Å². The van der Waals surface area contributed by atoms with Crippen molar-refractivity contribution in [1.82, 2.24) is 15.3 Å². The number of amides is 1. The van der Waals surface area contributed by atoms with Gasteiger partial charge in [-0.3, -0.25) is 4.79 Å². The Hall–Kier alpha value is -1.65. The van der Waals surface area contributed by atoms with E-state index in [4.69, 9.17) is 0 Å². The van der Waals surface area contributed by atoms with Gasteiger partial charge in [0.2, 0.25) is 0 Å². The van der Waals surface area contributed by atoms with Gasteiger partial charge in [-0.15, -0.1) is 0 Å². The van der Waals surface area contributed by atoms with Crippen molar-refractivity contribution in [3.05, 3.63) is 18.1 Å². The van der Waals surface area contributed by atoms with E-state index in [2.05, 4.69) is 41.4 Å². The lowest BCUT2D eigenvalue weighted by Crippen LogP contribution is -2.38. The minimum Gasteiger partial charge on any atom is -0.372 e. The van der Waals surface area contributed by atoms with Gasteiger partial charge in [-0.2, -0.15) is 0 Å². The van der Waals surface area contributed by atoms with Crippen LogP contribution in [0, 0.1) is 5.92 Å². The number of nitrogens with one attached hydrogen (secondary N) is 2. The summed E-state index contributed by atoms with van der Waals surface area (Å²) in [6.45, 7) is 6.23. The summed E-state index contributed by atoms with van der Waals surface area (Å²) in [5.41, 5.74) is 0.350. The average molecular weight is 236 g/mol. The fraction of sp³-hybridized carbons (Fsp3) is 0.583. The lowest BCUT2D eigenvalue weighted by Gasteiger charge is -2.20. The van der Waals surface area contributed by atoms with Crippen molar-refractivity contribution in [3.8, 4) is 0 Å². The van der Waals surface area contributed by atoms with E-state index in [0.717, 1.165) is 6.42 Å². The molecule has 17 heavy (non-hydrogen) atoms. The Labute approximate surface area is 102 Å². The molecular weight excluding hydrogens is 216 g/mol. The van der Waals surface area contributed by atoms with Gasteiger partial charge in [-0.05, 0) is 12.3 Å². The fourth-order valence-corrected chi connectivity index (χ4v) is 1.56. The highest BCUT2D eigenvalue weighted by atomic mass is 16.1. The van der Waals surface area contributed by atoms with Gasteiger partial charge in [0, 0.05) is 13.1 Å². The molecule has 0 aliphatic heterocycles.